The predicted molar refractivity (Wildman–Crippen MR) is 86.2 cm³/mol. The van der Waals surface area contributed by atoms with Crippen molar-refractivity contribution in [2.45, 2.75) is 31.8 Å². The van der Waals surface area contributed by atoms with Crippen LogP contribution in [0.5, 0.6) is 0 Å². The summed E-state index contributed by atoms with van der Waals surface area (Å²) in [6, 6.07) is 10.3. The fraction of sp³-hybridized carbons (Fsp3) is 0.375. The molecule has 1 unspecified atom stereocenters. The monoisotopic (exact) mass is 320 g/mol. The fourth-order valence-corrected chi connectivity index (χ4v) is 3.02. The first-order valence-corrected chi connectivity index (χ1v) is 8.83. The molecule has 0 radical (unpaired) electrons. The third kappa shape index (κ3) is 3.82. The Morgan fingerprint density at radius 1 is 1.14 bits per heavy atom. The lowest BCUT2D eigenvalue weighted by molar-refractivity contribution is -0.119. The van der Waals surface area contributed by atoms with Gasteiger partial charge in [0, 0.05) is 11.4 Å². The quantitative estimate of drug-likeness (QED) is 0.916. The van der Waals surface area contributed by atoms with Gasteiger partial charge in [0.05, 0.1) is 5.52 Å². The van der Waals surface area contributed by atoms with Crippen LogP contribution in [0.1, 0.15) is 20.8 Å². The highest BCUT2D eigenvalue weighted by atomic mass is 32.2. The number of aromatic nitrogens is 1. The number of carbonyl (C=O) groups is 1. The summed E-state index contributed by atoms with van der Waals surface area (Å²) in [5.74, 6) is -0.850. The average Bonchev–Trinajstić information content (AvgIpc) is 2.45. The number of nitrogens with zero attached hydrogens (tertiary/aromatic N) is 1. The van der Waals surface area contributed by atoms with Gasteiger partial charge >= 0.3 is 0 Å². The normalized spacial score (nSPS) is 13.3. The lowest BCUT2D eigenvalue weighted by atomic mass is 10.1. The van der Waals surface area contributed by atoms with Crippen LogP contribution >= 0.6 is 0 Å². The van der Waals surface area contributed by atoms with Crippen LogP contribution in [0.3, 0.4) is 0 Å². The van der Waals surface area contributed by atoms with Gasteiger partial charge in [0.1, 0.15) is 5.75 Å². The second kappa shape index (κ2) is 6.44. The van der Waals surface area contributed by atoms with E-state index in [0.717, 1.165) is 5.39 Å². The highest BCUT2D eigenvalue weighted by Crippen LogP contribution is 2.16. The van der Waals surface area contributed by atoms with E-state index in [0.29, 0.717) is 5.52 Å². The average molecular weight is 320 g/mol. The van der Waals surface area contributed by atoms with Crippen molar-refractivity contribution in [3.63, 3.8) is 0 Å². The second-order valence-electron chi connectivity index (χ2n) is 5.70. The SMILES string of the molecule is CC(C)C(C)NC(=O)CS(=O)(=O)c1ccc2ccccc2n1. The molecule has 22 heavy (non-hydrogen) atoms. The van der Waals surface area contributed by atoms with Crippen molar-refractivity contribution in [2.75, 3.05) is 5.75 Å². The van der Waals surface area contributed by atoms with Gasteiger partial charge in [0.15, 0.2) is 5.03 Å². The van der Waals surface area contributed by atoms with Crippen LogP contribution in [0.15, 0.2) is 41.4 Å². The third-order valence-corrected chi connectivity index (χ3v) is 5.11. The largest absolute Gasteiger partial charge is 0.353 e. The smallest absolute Gasteiger partial charge is 0.235 e. The van der Waals surface area contributed by atoms with Crippen molar-refractivity contribution in [3.8, 4) is 0 Å². The highest BCUT2D eigenvalue weighted by Gasteiger charge is 2.22. The summed E-state index contributed by atoms with van der Waals surface area (Å²) in [5, 5.41) is 3.49. The molecule has 0 fully saturated rings. The Labute approximate surface area is 130 Å². The molecule has 0 aliphatic carbocycles. The molecule has 1 heterocycles. The van der Waals surface area contributed by atoms with Crippen LogP contribution in [-0.4, -0.2) is 31.1 Å². The molecule has 0 aliphatic heterocycles. The minimum atomic E-state index is -3.75. The molecular weight excluding hydrogens is 300 g/mol. The molecule has 2 rings (SSSR count). The lowest BCUT2D eigenvalue weighted by Crippen LogP contribution is -2.39. The van der Waals surface area contributed by atoms with Crippen LogP contribution in [0, 0.1) is 5.92 Å². The summed E-state index contributed by atoms with van der Waals surface area (Å²) in [6.07, 6.45) is 0. The second-order valence-corrected chi connectivity index (χ2v) is 7.64. The van der Waals surface area contributed by atoms with Crippen molar-refractivity contribution in [2.24, 2.45) is 5.92 Å². The van der Waals surface area contributed by atoms with Crippen molar-refractivity contribution < 1.29 is 13.2 Å². The van der Waals surface area contributed by atoms with Gasteiger partial charge in [-0.1, -0.05) is 32.0 Å². The van der Waals surface area contributed by atoms with Crippen LogP contribution in [0.2, 0.25) is 0 Å². The van der Waals surface area contributed by atoms with Crippen molar-refractivity contribution in [3.05, 3.63) is 36.4 Å². The fourth-order valence-electron chi connectivity index (χ4n) is 1.93. The Bertz CT molecular complexity index is 785. The number of benzene rings is 1. The minimum Gasteiger partial charge on any atom is -0.353 e. The molecule has 0 saturated carbocycles. The van der Waals surface area contributed by atoms with Gasteiger partial charge in [0.25, 0.3) is 0 Å². The van der Waals surface area contributed by atoms with Crippen molar-refractivity contribution in [1.29, 1.82) is 0 Å². The van der Waals surface area contributed by atoms with E-state index in [2.05, 4.69) is 10.3 Å². The number of sulfone groups is 1. The van der Waals surface area contributed by atoms with E-state index in [4.69, 9.17) is 0 Å². The van der Waals surface area contributed by atoms with E-state index in [1.165, 1.54) is 6.07 Å². The number of fused-ring (bicyclic) bond motifs is 1. The number of rotatable bonds is 5. The van der Waals surface area contributed by atoms with E-state index in [1.807, 2.05) is 32.9 Å². The van der Waals surface area contributed by atoms with Gasteiger partial charge in [-0.15, -0.1) is 0 Å². The highest BCUT2D eigenvalue weighted by molar-refractivity contribution is 7.92. The molecule has 1 atom stereocenters. The summed E-state index contributed by atoms with van der Waals surface area (Å²) in [6.45, 7) is 5.78. The standard InChI is InChI=1S/C16H20N2O3S/c1-11(2)12(3)17-15(19)10-22(20,21)16-9-8-13-6-4-5-7-14(13)18-16/h4-9,11-12H,10H2,1-3H3,(H,17,19). The zero-order valence-corrected chi connectivity index (χ0v) is 13.7. The summed E-state index contributed by atoms with van der Waals surface area (Å²) in [5.41, 5.74) is 0.597. The maximum Gasteiger partial charge on any atom is 0.235 e. The molecule has 0 bridgehead atoms. The Morgan fingerprint density at radius 2 is 1.82 bits per heavy atom. The van der Waals surface area contributed by atoms with Gasteiger partial charge in [0.2, 0.25) is 15.7 Å². The molecule has 1 aromatic carbocycles. The van der Waals surface area contributed by atoms with Crippen LogP contribution in [0.4, 0.5) is 0 Å². The summed E-state index contributed by atoms with van der Waals surface area (Å²) in [7, 11) is -3.75. The Kier molecular flexibility index (Phi) is 4.81. The minimum absolute atomic E-state index is 0.0708. The molecule has 118 valence electrons. The number of hydrogen-bond acceptors (Lipinski definition) is 4. The van der Waals surface area contributed by atoms with E-state index >= 15 is 0 Å². The molecule has 1 amide bonds. The van der Waals surface area contributed by atoms with Crippen LogP contribution in [-0.2, 0) is 14.6 Å². The molecule has 1 aromatic heterocycles. The van der Waals surface area contributed by atoms with Gasteiger partial charge in [-0.2, -0.15) is 0 Å². The summed E-state index contributed by atoms with van der Waals surface area (Å²) < 4.78 is 24.6. The molecule has 5 nitrogen and oxygen atoms in total. The van der Waals surface area contributed by atoms with E-state index in [-0.39, 0.29) is 17.0 Å². The summed E-state index contributed by atoms with van der Waals surface area (Å²) >= 11 is 0. The first-order valence-electron chi connectivity index (χ1n) is 7.17. The third-order valence-electron chi connectivity index (χ3n) is 3.60. The molecule has 0 spiro atoms. The van der Waals surface area contributed by atoms with E-state index < -0.39 is 21.5 Å². The molecule has 0 saturated heterocycles. The summed E-state index contributed by atoms with van der Waals surface area (Å²) in [4.78, 5) is 16.0. The van der Waals surface area contributed by atoms with Gasteiger partial charge < -0.3 is 5.32 Å². The lowest BCUT2D eigenvalue weighted by Gasteiger charge is -2.17. The van der Waals surface area contributed by atoms with Crippen molar-refractivity contribution >= 4 is 26.6 Å². The zero-order valence-electron chi connectivity index (χ0n) is 12.9. The first kappa shape index (κ1) is 16.4. The van der Waals surface area contributed by atoms with Crippen molar-refractivity contribution in [1.82, 2.24) is 10.3 Å². The predicted octanol–water partition coefficient (Wildman–Crippen LogP) is 2.17. The first-order chi connectivity index (χ1) is 10.3. The van der Waals surface area contributed by atoms with E-state index in [1.54, 1.807) is 18.2 Å². The number of amides is 1. The molecule has 6 heteroatoms. The molecular formula is C16H20N2O3S. The number of nitrogens with one attached hydrogen (secondary N) is 1. The van der Waals surface area contributed by atoms with Gasteiger partial charge in [-0.25, -0.2) is 13.4 Å². The van der Waals surface area contributed by atoms with Gasteiger partial charge in [-0.05, 0) is 31.0 Å². The number of hydrogen-bond donors (Lipinski definition) is 1. The Hall–Kier alpha value is -1.95. The Balaban J connectivity index is 2.20. The topological polar surface area (TPSA) is 76.1 Å². The maximum atomic E-state index is 12.3. The zero-order chi connectivity index (χ0) is 16.3. The Morgan fingerprint density at radius 3 is 2.50 bits per heavy atom. The molecule has 1 N–H and O–H groups in total. The molecule has 2 aromatic rings. The van der Waals surface area contributed by atoms with E-state index in [9.17, 15) is 13.2 Å². The number of para-hydroxylation sites is 1. The molecule has 0 aliphatic rings. The number of pyridine rings is 1. The maximum absolute atomic E-state index is 12.3. The van der Waals surface area contributed by atoms with Crippen LogP contribution in [0.25, 0.3) is 10.9 Å². The number of carbonyl (C=O) groups excluding carboxylic acids is 1. The van der Waals surface area contributed by atoms with Gasteiger partial charge in [-0.3, -0.25) is 4.79 Å². The van der Waals surface area contributed by atoms with Crippen LogP contribution < -0.4 is 5.32 Å².